The summed E-state index contributed by atoms with van der Waals surface area (Å²) in [6, 6.07) is 11.7. The fourth-order valence-electron chi connectivity index (χ4n) is 4.69. The van der Waals surface area contributed by atoms with Gasteiger partial charge in [0.15, 0.2) is 0 Å². The summed E-state index contributed by atoms with van der Waals surface area (Å²) in [6.45, 7) is 4.06. The van der Waals surface area contributed by atoms with E-state index in [2.05, 4.69) is 0 Å². The average Bonchev–Trinajstić information content (AvgIpc) is 3.37. The number of carbonyl (C=O) groups excluding carboxylic acids is 4. The van der Waals surface area contributed by atoms with Crippen molar-refractivity contribution in [1.82, 2.24) is 0 Å². The third-order valence-corrected chi connectivity index (χ3v) is 8.17. The molecule has 3 aromatic rings. The van der Waals surface area contributed by atoms with Crippen LogP contribution in [-0.4, -0.2) is 30.2 Å². The summed E-state index contributed by atoms with van der Waals surface area (Å²) < 4.78 is 5.55. The van der Waals surface area contributed by atoms with Gasteiger partial charge in [-0.3, -0.25) is 19.2 Å². The number of hydrogen-bond acceptors (Lipinski definition) is 5. The van der Waals surface area contributed by atoms with E-state index < -0.39 is 23.7 Å². The van der Waals surface area contributed by atoms with E-state index in [9.17, 15) is 19.2 Å². The van der Waals surface area contributed by atoms with E-state index in [-0.39, 0.29) is 61.5 Å². The number of nitrogens with zero attached hydrogens (tertiary/aromatic N) is 2. The van der Waals surface area contributed by atoms with Gasteiger partial charge >= 0.3 is 5.97 Å². The predicted molar refractivity (Wildman–Crippen MR) is 146 cm³/mol. The van der Waals surface area contributed by atoms with E-state index in [0.29, 0.717) is 0 Å². The number of ether oxygens (including phenoxy) is 1. The van der Waals surface area contributed by atoms with Gasteiger partial charge in [-0.2, -0.15) is 0 Å². The van der Waals surface area contributed by atoms with E-state index in [4.69, 9.17) is 51.1 Å². The molecule has 2 aliphatic rings. The highest BCUT2D eigenvalue weighted by Crippen LogP contribution is 2.46. The summed E-state index contributed by atoms with van der Waals surface area (Å²) >= 11 is 24.6. The quantitative estimate of drug-likeness (QED) is 0.111. The van der Waals surface area contributed by atoms with Crippen molar-refractivity contribution in [3.63, 3.8) is 0 Å². The molecule has 1 fully saturated rings. The maximum absolute atomic E-state index is 13.2. The number of fused-ring (bicyclic) bond motifs is 1. The van der Waals surface area contributed by atoms with Crippen LogP contribution in [0.15, 0.2) is 42.5 Å². The average molecular weight is 592 g/mol. The van der Waals surface area contributed by atoms with Crippen LogP contribution >= 0.6 is 46.4 Å². The van der Waals surface area contributed by atoms with E-state index in [1.54, 1.807) is 4.90 Å². The number of esters is 1. The zero-order chi connectivity index (χ0) is 27.5. The SMILES string of the molecule is Cc1cc(C)cc(N2C[C@H](C(=O)Oc3cccc(N4C(=O)c5c(Cl)c(Cl)c(Cl)c(Cl)c5C4=O)c3)CC2=O)c1. The molecular weight excluding hydrogens is 574 g/mol. The molecule has 0 spiro atoms. The first-order chi connectivity index (χ1) is 18.0. The second kappa shape index (κ2) is 9.89. The number of carbonyl (C=O) groups is 4. The number of anilines is 2. The number of benzene rings is 3. The lowest BCUT2D eigenvalue weighted by Gasteiger charge is -2.18. The Morgan fingerprint density at radius 3 is 1.97 bits per heavy atom. The van der Waals surface area contributed by atoms with Gasteiger partial charge in [0, 0.05) is 24.7 Å². The number of rotatable bonds is 4. The maximum Gasteiger partial charge on any atom is 0.316 e. The normalized spacial score (nSPS) is 16.9. The van der Waals surface area contributed by atoms with E-state index in [1.165, 1.54) is 24.3 Å². The summed E-state index contributed by atoms with van der Waals surface area (Å²) in [5, 5.41) is -0.634. The maximum atomic E-state index is 13.2. The second-order valence-electron chi connectivity index (χ2n) is 9.12. The largest absolute Gasteiger partial charge is 0.426 e. The smallest absolute Gasteiger partial charge is 0.316 e. The predicted octanol–water partition coefficient (Wildman–Crippen LogP) is 6.68. The van der Waals surface area contributed by atoms with Crippen LogP contribution in [0.25, 0.3) is 0 Å². The highest BCUT2D eigenvalue weighted by molar-refractivity contribution is 6.56. The van der Waals surface area contributed by atoms with Gasteiger partial charge in [0.1, 0.15) is 5.75 Å². The molecule has 0 aromatic heterocycles. The molecule has 0 unspecified atom stereocenters. The van der Waals surface area contributed by atoms with Crippen molar-refractivity contribution >= 4 is 81.5 Å². The van der Waals surface area contributed by atoms with Gasteiger partial charge in [0.25, 0.3) is 11.8 Å². The molecule has 0 radical (unpaired) electrons. The zero-order valence-electron chi connectivity index (χ0n) is 20.0. The van der Waals surface area contributed by atoms with Gasteiger partial charge in [0.05, 0.1) is 42.8 Å². The highest BCUT2D eigenvalue weighted by atomic mass is 35.5. The van der Waals surface area contributed by atoms with Gasteiger partial charge in [-0.05, 0) is 49.2 Å². The third kappa shape index (κ3) is 4.43. The van der Waals surface area contributed by atoms with Crippen LogP contribution < -0.4 is 14.5 Å². The fourth-order valence-corrected chi connectivity index (χ4v) is 5.71. The van der Waals surface area contributed by atoms with Crippen LogP contribution in [0, 0.1) is 19.8 Å². The van der Waals surface area contributed by atoms with Crippen LogP contribution in [0.4, 0.5) is 11.4 Å². The zero-order valence-corrected chi connectivity index (χ0v) is 23.0. The second-order valence-corrected chi connectivity index (χ2v) is 10.6. The Labute approximate surface area is 237 Å². The summed E-state index contributed by atoms with van der Waals surface area (Å²) in [7, 11) is 0. The number of aryl methyl sites for hydroxylation is 2. The topological polar surface area (TPSA) is 84.0 Å². The lowest BCUT2D eigenvalue weighted by molar-refractivity contribution is -0.139. The molecule has 194 valence electrons. The van der Waals surface area contributed by atoms with E-state index in [1.807, 2.05) is 32.0 Å². The van der Waals surface area contributed by atoms with Crippen molar-refractivity contribution in [2.45, 2.75) is 20.3 Å². The van der Waals surface area contributed by atoms with Gasteiger partial charge in [-0.15, -0.1) is 0 Å². The fraction of sp³-hybridized carbons (Fsp3) is 0.185. The van der Waals surface area contributed by atoms with Crippen LogP contribution in [0.3, 0.4) is 0 Å². The minimum atomic E-state index is -0.746. The Morgan fingerprint density at radius 2 is 1.39 bits per heavy atom. The number of amides is 3. The molecule has 3 aromatic carbocycles. The van der Waals surface area contributed by atoms with Gasteiger partial charge in [0.2, 0.25) is 5.91 Å². The molecule has 0 aliphatic carbocycles. The van der Waals surface area contributed by atoms with Crippen molar-refractivity contribution in [3.05, 3.63) is 84.8 Å². The number of hydrogen-bond donors (Lipinski definition) is 0. The summed E-state index contributed by atoms with van der Waals surface area (Å²) in [6.07, 6.45) is 0.00242. The van der Waals surface area contributed by atoms with Crippen molar-refractivity contribution in [1.29, 1.82) is 0 Å². The Bertz CT molecular complexity index is 1500. The molecule has 0 bridgehead atoms. The first kappa shape index (κ1) is 26.5. The monoisotopic (exact) mass is 590 g/mol. The molecule has 2 aliphatic heterocycles. The Kier molecular flexibility index (Phi) is 6.90. The third-order valence-electron chi connectivity index (χ3n) is 6.37. The lowest BCUT2D eigenvalue weighted by Crippen LogP contribution is -2.29. The summed E-state index contributed by atoms with van der Waals surface area (Å²) in [5.74, 6) is -2.87. The molecule has 1 atom stereocenters. The first-order valence-electron chi connectivity index (χ1n) is 11.4. The van der Waals surface area contributed by atoms with Gasteiger partial charge in [-0.1, -0.05) is 58.5 Å². The van der Waals surface area contributed by atoms with Crippen LogP contribution in [0.2, 0.25) is 20.1 Å². The minimum absolute atomic E-state index is 0.00242. The standard InChI is InChI=1S/C27H18Cl4N2O5/c1-12-6-13(2)8-16(7-12)32-11-14(9-18(32)34)27(37)38-17-5-3-4-15(10-17)33-25(35)19-20(26(33)36)22(29)24(31)23(30)21(19)28/h3-8,10,14H,9,11H2,1-2H3/t14-/m1/s1. The van der Waals surface area contributed by atoms with Gasteiger partial charge < -0.3 is 9.64 Å². The van der Waals surface area contributed by atoms with E-state index >= 15 is 0 Å². The molecule has 38 heavy (non-hydrogen) atoms. The lowest BCUT2D eigenvalue weighted by atomic mass is 10.1. The van der Waals surface area contributed by atoms with Crippen molar-refractivity contribution in [2.24, 2.45) is 5.92 Å². The van der Waals surface area contributed by atoms with Crippen molar-refractivity contribution in [3.8, 4) is 5.75 Å². The number of halogens is 4. The molecule has 7 nitrogen and oxygen atoms in total. The molecule has 2 heterocycles. The summed E-state index contributed by atoms with van der Waals surface area (Å²) in [4.78, 5) is 54.4. The molecule has 11 heteroatoms. The molecule has 5 rings (SSSR count). The number of imide groups is 1. The van der Waals surface area contributed by atoms with E-state index in [0.717, 1.165) is 21.7 Å². The molecule has 0 N–H and O–H groups in total. The van der Waals surface area contributed by atoms with Crippen LogP contribution in [-0.2, 0) is 9.59 Å². The highest BCUT2D eigenvalue weighted by Gasteiger charge is 2.43. The Balaban J connectivity index is 1.36. The molecule has 1 saturated heterocycles. The molecule has 3 amide bonds. The van der Waals surface area contributed by atoms with Gasteiger partial charge in [-0.25, -0.2) is 4.90 Å². The van der Waals surface area contributed by atoms with Crippen LogP contribution in [0.1, 0.15) is 38.3 Å². The first-order valence-corrected chi connectivity index (χ1v) is 12.9. The molecule has 0 saturated carbocycles. The summed E-state index contributed by atoms with van der Waals surface area (Å²) in [5.41, 5.74) is 2.56. The Hall–Kier alpha value is -3.10. The minimum Gasteiger partial charge on any atom is -0.426 e. The molecular formula is C27H18Cl4N2O5. The Morgan fingerprint density at radius 1 is 0.816 bits per heavy atom. The van der Waals surface area contributed by atoms with Crippen LogP contribution in [0.5, 0.6) is 5.75 Å². The van der Waals surface area contributed by atoms with Crippen molar-refractivity contribution < 1.29 is 23.9 Å². The van der Waals surface area contributed by atoms with Crippen molar-refractivity contribution in [2.75, 3.05) is 16.3 Å².